The Morgan fingerprint density at radius 2 is 2.00 bits per heavy atom. The van der Waals surface area contributed by atoms with Gasteiger partial charge in [-0.25, -0.2) is 4.79 Å². The molecule has 2 unspecified atom stereocenters. The molecule has 1 aromatic carbocycles. The summed E-state index contributed by atoms with van der Waals surface area (Å²) in [5.74, 6) is 0.458. The van der Waals surface area contributed by atoms with Gasteiger partial charge in [0.1, 0.15) is 0 Å². The van der Waals surface area contributed by atoms with Crippen LogP contribution in [0.2, 0.25) is 0 Å². The summed E-state index contributed by atoms with van der Waals surface area (Å²) in [6, 6.07) is 5.58. The molecule has 4 heteroatoms. The molecule has 1 heterocycles. The Labute approximate surface area is 99.8 Å². The lowest BCUT2D eigenvalue weighted by Gasteiger charge is -2.23. The van der Waals surface area contributed by atoms with Crippen molar-refractivity contribution in [2.45, 2.75) is 26.8 Å². The standard InChI is InChI=1S/C13H18N2O2/c1-7(2)8(3)12(14)9-4-5-10-11(6-9)17-13(16)15-10/h4-8,12H,14H2,1-3H3,(H,15,16). The smallest absolute Gasteiger partial charge is 0.408 e. The van der Waals surface area contributed by atoms with Crippen molar-refractivity contribution in [1.82, 2.24) is 4.98 Å². The molecule has 0 aliphatic carbocycles. The predicted molar refractivity (Wildman–Crippen MR) is 67.8 cm³/mol. The summed E-state index contributed by atoms with van der Waals surface area (Å²) >= 11 is 0. The molecule has 17 heavy (non-hydrogen) atoms. The first-order valence-corrected chi connectivity index (χ1v) is 5.87. The molecule has 2 atom stereocenters. The Morgan fingerprint density at radius 3 is 2.65 bits per heavy atom. The largest absolute Gasteiger partial charge is 0.417 e. The fourth-order valence-corrected chi connectivity index (χ4v) is 1.89. The molecule has 0 saturated heterocycles. The number of aromatic nitrogens is 1. The number of nitrogens with two attached hydrogens (primary N) is 1. The van der Waals surface area contributed by atoms with E-state index in [1.807, 2.05) is 18.2 Å². The van der Waals surface area contributed by atoms with Crippen molar-refractivity contribution in [1.29, 1.82) is 0 Å². The zero-order chi connectivity index (χ0) is 12.6. The number of H-pyrrole nitrogens is 1. The minimum Gasteiger partial charge on any atom is -0.408 e. The van der Waals surface area contributed by atoms with Gasteiger partial charge in [0.05, 0.1) is 5.52 Å². The van der Waals surface area contributed by atoms with Crippen molar-refractivity contribution in [2.24, 2.45) is 17.6 Å². The Bertz CT molecular complexity index is 568. The molecular weight excluding hydrogens is 216 g/mol. The van der Waals surface area contributed by atoms with Crippen LogP contribution in [0.25, 0.3) is 11.1 Å². The molecule has 92 valence electrons. The van der Waals surface area contributed by atoms with Gasteiger partial charge in [-0.05, 0) is 29.5 Å². The Hall–Kier alpha value is -1.55. The topological polar surface area (TPSA) is 72.0 Å². The van der Waals surface area contributed by atoms with Gasteiger partial charge in [0.25, 0.3) is 0 Å². The number of nitrogens with one attached hydrogen (secondary N) is 1. The number of hydrogen-bond donors (Lipinski definition) is 2. The first-order chi connectivity index (χ1) is 7.99. The van der Waals surface area contributed by atoms with Gasteiger partial charge in [-0.3, -0.25) is 4.98 Å². The van der Waals surface area contributed by atoms with Gasteiger partial charge < -0.3 is 10.2 Å². The number of hydrogen-bond acceptors (Lipinski definition) is 3. The fraction of sp³-hybridized carbons (Fsp3) is 0.462. The number of aromatic amines is 1. The van der Waals surface area contributed by atoms with Crippen LogP contribution >= 0.6 is 0 Å². The highest BCUT2D eigenvalue weighted by molar-refractivity contribution is 5.72. The summed E-state index contributed by atoms with van der Waals surface area (Å²) in [4.78, 5) is 13.7. The van der Waals surface area contributed by atoms with Gasteiger partial charge in [-0.15, -0.1) is 0 Å². The van der Waals surface area contributed by atoms with E-state index >= 15 is 0 Å². The maximum absolute atomic E-state index is 11.1. The maximum atomic E-state index is 11.1. The van der Waals surface area contributed by atoms with Crippen LogP contribution in [0, 0.1) is 11.8 Å². The first-order valence-electron chi connectivity index (χ1n) is 5.87. The van der Waals surface area contributed by atoms with E-state index in [0.29, 0.717) is 22.9 Å². The van der Waals surface area contributed by atoms with Crippen LogP contribution in [0.15, 0.2) is 27.4 Å². The number of fused-ring (bicyclic) bond motifs is 1. The minimum absolute atomic E-state index is 0.0420. The molecule has 4 nitrogen and oxygen atoms in total. The second-order valence-electron chi connectivity index (χ2n) is 4.90. The zero-order valence-electron chi connectivity index (χ0n) is 10.4. The lowest BCUT2D eigenvalue weighted by molar-refractivity contribution is 0.352. The summed E-state index contributed by atoms with van der Waals surface area (Å²) in [6.45, 7) is 6.44. The van der Waals surface area contributed by atoms with Crippen LogP contribution in [0.3, 0.4) is 0 Å². The molecule has 0 spiro atoms. The van der Waals surface area contributed by atoms with Crippen molar-refractivity contribution in [3.63, 3.8) is 0 Å². The van der Waals surface area contributed by atoms with E-state index in [2.05, 4.69) is 25.8 Å². The van der Waals surface area contributed by atoms with Crippen LogP contribution in [-0.4, -0.2) is 4.98 Å². The Kier molecular flexibility index (Phi) is 3.07. The number of oxazole rings is 1. The van der Waals surface area contributed by atoms with Crippen molar-refractivity contribution in [2.75, 3.05) is 0 Å². The average molecular weight is 234 g/mol. The molecule has 0 bridgehead atoms. The van der Waals surface area contributed by atoms with E-state index in [4.69, 9.17) is 10.2 Å². The van der Waals surface area contributed by atoms with Gasteiger partial charge in [0, 0.05) is 6.04 Å². The molecule has 3 N–H and O–H groups in total. The molecule has 0 aliphatic heterocycles. The van der Waals surface area contributed by atoms with Crippen molar-refractivity contribution in [3.8, 4) is 0 Å². The van der Waals surface area contributed by atoms with Crippen LogP contribution in [0.5, 0.6) is 0 Å². The third-order valence-corrected chi connectivity index (χ3v) is 3.45. The van der Waals surface area contributed by atoms with E-state index in [9.17, 15) is 4.79 Å². The molecule has 1 aromatic heterocycles. The van der Waals surface area contributed by atoms with Gasteiger partial charge in [-0.1, -0.05) is 26.8 Å². The van der Waals surface area contributed by atoms with Gasteiger partial charge in [0.2, 0.25) is 0 Å². The van der Waals surface area contributed by atoms with Crippen molar-refractivity contribution < 1.29 is 4.42 Å². The van der Waals surface area contributed by atoms with Gasteiger partial charge in [0.15, 0.2) is 5.58 Å². The Balaban J connectivity index is 2.38. The summed E-state index contributed by atoms with van der Waals surface area (Å²) in [6.07, 6.45) is 0. The van der Waals surface area contributed by atoms with Gasteiger partial charge >= 0.3 is 5.76 Å². The van der Waals surface area contributed by atoms with Gasteiger partial charge in [-0.2, -0.15) is 0 Å². The lowest BCUT2D eigenvalue weighted by atomic mass is 9.87. The summed E-state index contributed by atoms with van der Waals surface area (Å²) < 4.78 is 5.03. The molecule has 0 radical (unpaired) electrons. The molecule has 2 rings (SSSR count). The second-order valence-corrected chi connectivity index (χ2v) is 4.90. The average Bonchev–Trinajstić information content (AvgIpc) is 2.65. The first kappa shape index (κ1) is 11.9. The number of rotatable bonds is 3. The summed E-state index contributed by atoms with van der Waals surface area (Å²) in [7, 11) is 0. The molecule has 2 aromatic rings. The quantitative estimate of drug-likeness (QED) is 0.856. The predicted octanol–water partition coefficient (Wildman–Crippen LogP) is 2.41. The number of benzene rings is 1. The van der Waals surface area contributed by atoms with E-state index in [1.54, 1.807) is 0 Å². The van der Waals surface area contributed by atoms with Crippen LogP contribution in [0.4, 0.5) is 0 Å². The molecule has 0 fully saturated rings. The highest BCUT2D eigenvalue weighted by Crippen LogP contribution is 2.27. The zero-order valence-corrected chi connectivity index (χ0v) is 10.4. The third-order valence-electron chi connectivity index (χ3n) is 3.45. The monoisotopic (exact) mass is 234 g/mol. The summed E-state index contributed by atoms with van der Waals surface area (Å²) in [5, 5.41) is 0. The molecule has 0 amide bonds. The third kappa shape index (κ3) is 2.26. The van der Waals surface area contributed by atoms with Crippen LogP contribution < -0.4 is 11.5 Å². The van der Waals surface area contributed by atoms with E-state index < -0.39 is 5.76 Å². The van der Waals surface area contributed by atoms with E-state index in [1.165, 1.54) is 0 Å². The van der Waals surface area contributed by atoms with E-state index in [0.717, 1.165) is 5.56 Å². The van der Waals surface area contributed by atoms with E-state index in [-0.39, 0.29) is 6.04 Å². The maximum Gasteiger partial charge on any atom is 0.417 e. The molecule has 0 aliphatic rings. The minimum atomic E-state index is -0.428. The highest BCUT2D eigenvalue weighted by Gasteiger charge is 2.18. The van der Waals surface area contributed by atoms with Crippen LogP contribution in [0.1, 0.15) is 32.4 Å². The lowest BCUT2D eigenvalue weighted by Crippen LogP contribution is -2.22. The van der Waals surface area contributed by atoms with Crippen molar-refractivity contribution in [3.05, 3.63) is 34.3 Å². The Morgan fingerprint density at radius 1 is 1.29 bits per heavy atom. The second kappa shape index (κ2) is 4.37. The highest BCUT2D eigenvalue weighted by atomic mass is 16.4. The molecular formula is C13H18N2O2. The van der Waals surface area contributed by atoms with Crippen molar-refractivity contribution >= 4 is 11.1 Å². The fourth-order valence-electron chi connectivity index (χ4n) is 1.89. The molecule has 0 saturated carbocycles. The normalized spacial score (nSPS) is 15.4. The summed E-state index contributed by atoms with van der Waals surface area (Å²) in [5.41, 5.74) is 8.49. The SMILES string of the molecule is CC(C)C(C)C(N)c1ccc2[nH]c(=O)oc2c1. The van der Waals surface area contributed by atoms with Crippen LogP contribution in [-0.2, 0) is 0 Å².